The van der Waals surface area contributed by atoms with Crippen LogP contribution in [0.5, 0.6) is 0 Å². The first-order valence-electron chi connectivity index (χ1n) is 12.2. The van der Waals surface area contributed by atoms with Crippen molar-refractivity contribution in [2.75, 3.05) is 31.6 Å². The van der Waals surface area contributed by atoms with Gasteiger partial charge in [0.25, 0.3) is 0 Å². The highest BCUT2D eigenvalue weighted by molar-refractivity contribution is 5.83. The summed E-state index contributed by atoms with van der Waals surface area (Å²) in [7, 11) is 2.00. The van der Waals surface area contributed by atoms with Gasteiger partial charge in [0.15, 0.2) is 0 Å². The SMILES string of the molecule is CCC1CC(C(=O)N2CCCC[C@H]2c2cc3cc(N4CC[C@H](N)C4)c(C)cn3n2)N(C)N1. The van der Waals surface area contributed by atoms with Crippen LogP contribution < -0.4 is 16.1 Å². The average Bonchev–Trinajstić information content (AvgIpc) is 3.50. The number of nitrogens with two attached hydrogens (primary N) is 1. The van der Waals surface area contributed by atoms with Crippen molar-refractivity contribution in [1.82, 2.24) is 24.9 Å². The van der Waals surface area contributed by atoms with Crippen LogP contribution in [0.4, 0.5) is 5.69 Å². The van der Waals surface area contributed by atoms with Crippen LogP contribution in [-0.2, 0) is 4.79 Å². The fourth-order valence-corrected chi connectivity index (χ4v) is 5.73. The third-order valence-corrected chi connectivity index (χ3v) is 7.62. The number of nitrogens with one attached hydrogen (secondary N) is 1. The first-order valence-corrected chi connectivity index (χ1v) is 12.2. The van der Waals surface area contributed by atoms with Crippen LogP contribution >= 0.6 is 0 Å². The molecule has 3 saturated heterocycles. The Morgan fingerprint density at radius 1 is 1.25 bits per heavy atom. The lowest BCUT2D eigenvalue weighted by Gasteiger charge is -2.37. The van der Waals surface area contributed by atoms with E-state index in [9.17, 15) is 4.79 Å². The van der Waals surface area contributed by atoms with E-state index in [0.717, 1.165) is 69.4 Å². The molecule has 2 unspecified atom stereocenters. The molecule has 3 N–H and O–H groups in total. The number of hydrogen-bond donors (Lipinski definition) is 2. The minimum Gasteiger partial charge on any atom is -0.370 e. The summed E-state index contributed by atoms with van der Waals surface area (Å²) in [4.78, 5) is 18.1. The molecule has 2 aromatic rings. The Morgan fingerprint density at radius 3 is 2.81 bits per heavy atom. The zero-order chi connectivity index (χ0) is 22.4. The quantitative estimate of drug-likeness (QED) is 0.760. The summed E-state index contributed by atoms with van der Waals surface area (Å²) in [5, 5.41) is 6.96. The van der Waals surface area contributed by atoms with E-state index in [1.54, 1.807) is 0 Å². The van der Waals surface area contributed by atoms with Gasteiger partial charge in [-0.2, -0.15) is 5.10 Å². The molecule has 5 rings (SSSR count). The lowest BCUT2D eigenvalue weighted by molar-refractivity contribution is -0.140. The topological polar surface area (TPSA) is 82.1 Å². The number of carbonyl (C=O) groups is 1. The van der Waals surface area contributed by atoms with Crippen LogP contribution in [-0.4, -0.2) is 70.2 Å². The fraction of sp³-hybridized carbons (Fsp3) is 0.667. The Balaban J connectivity index is 1.42. The molecule has 0 spiro atoms. The van der Waals surface area contributed by atoms with E-state index in [0.29, 0.717) is 6.04 Å². The van der Waals surface area contributed by atoms with Crippen LogP contribution in [0, 0.1) is 6.92 Å². The molecular formula is C24H37N7O. The van der Waals surface area contributed by atoms with Gasteiger partial charge in [0, 0.05) is 50.6 Å². The van der Waals surface area contributed by atoms with E-state index >= 15 is 0 Å². The molecule has 4 atom stereocenters. The van der Waals surface area contributed by atoms with Crippen molar-refractivity contribution < 1.29 is 4.79 Å². The highest BCUT2D eigenvalue weighted by Gasteiger charge is 2.39. The second-order valence-corrected chi connectivity index (χ2v) is 9.91. The van der Waals surface area contributed by atoms with Crippen LogP contribution in [0.3, 0.4) is 0 Å². The minimum atomic E-state index is -0.0918. The summed E-state index contributed by atoms with van der Waals surface area (Å²) in [6, 6.07) is 5.01. The molecule has 3 aliphatic heterocycles. The third kappa shape index (κ3) is 3.89. The Kier molecular flexibility index (Phi) is 5.86. The van der Waals surface area contributed by atoms with Gasteiger partial charge < -0.3 is 15.5 Å². The van der Waals surface area contributed by atoms with Crippen molar-refractivity contribution in [2.45, 2.75) is 76.5 Å². The van der Waals surface area contributed by atoms with E-state index in [2.05, 4.69) is 47.4 Å². The smallest absolute Gasteiger partial charge is 0.241 e. The first-order chi connectivity index (χ1) is 15.4. The zero-order valence-electron chi connectivity index (χ0n) is 19.6. The number of rotatable bonds is 4. The number of amides is 1. The summed E-state index contributed by atoms with van der Waals surface area (Å²) in [6.07, 6.45) is 8.24. The molecule has 3 aliphatic rings. The zero-order valence-corrected chi connectivity index (χ0v) is 19.6. The first kappa shape index (κ1) is 21.7. The summed E-state index contributed by atoms with van der Waals surface area (Å²) >= 11 is 0. The van der Waals surface area contributed by atoms with Crippen molar-refractivity contribution in [3.8, 4) is 0 Å². The Bertz CT molecular complexity index is 988. The molecule has 32 heavy (non-hydrogen) atoms. The highest BCUT2D eigenvalue weighted by Crippen LogP contribution is 2.34. The normalized spacial score (nSPS) is 29.4. The number of aromatic nitrogens is 2. The number of hydrogen-bond acceptors (Lipinski definition) is 6. The number of piperidine rings is 1. The number of anilines is 1. The average molecular weight is 440 g/mol. The van der Waals surface area contributed by atoms with Crippen molar-refractivity contribution >= 4 is 17.1 Å². The van der Waals surface area contributed by atoms with E-state index in [-0.39, 0.29) is 24.0 Å². The van der Waals surface area contributed by atoms with E-state index in [1.165, 1.54) is 11.3 Å². The van der Waals surface area contributed by atoms with Gasteiger partial charge in [-0.25, -0.2) is 9.52 Å². The fourth-order valence-electron chi connectivity index (χ4n) is 5.73. The highest BCUT2D eigenvalue weighted by atomic mass is 16.2. The largest absolute Gasteiger partial charge is 0.370 e. The van der Waals surface area contributed by atoms with Crippen LogP contribution in [0.15, 0.2) is 18.3 Å². The minimum absolute atomic E-state index is 0.0502. The summed E-state index contributed by atoms with van der Waals surface area (Å²) in [5.74, 6) is 0.237. The van der Waals surface area contributed by atoms with Gasteiger partial charge in [-0.05, 0) is 63.1 Å². The number of fused-ring (bicyclic) bond motifs is 1. The maximum absolute atomic E-state index is 13.6. The molecule has 0 aliphatic carbocycles. The molecule has 5 heterocycles. The molecule has 0 aromatic carbocycles. The molecule has 3 fully saturated rings. The Labute approximate surface area is 190 Å². The number of nitrogens with zero attached hydrogens (tertiary/aromatic N) is 5. The maximum Gasteiger partial charge on any atom is 0.241 e. The van der Waals surface area contributed by atoms with Crippen LogP contribution in [0.2, 0.25) is 0 Å². The molecule has 1 amide bonds. The Morgan fingerprint density at radius 2 is 2.09 bits per heavy atom. The van der Waals surface area contributed by atoms with Gasteiger partial charge in [0.05, 0.1) is 17.3 Å². The lowest BCUT2D eigenvalue weighted by Crippen LogP contribution is -2.49. The predicted octanol–water partition coefficient (Wildman–Crippen LogP) is 2.22. The number of pyridine rings is 1. The second kappa shape index (κ2) is 8.65. The monoisotopic (exact) mass is 439 g/mol. The number of likely N-dealkylation sites (N-methyl/N-ethyl adjacent to an activating group) is 1. The molecule has 174 valence electrons. The van der Waals surface area contributed by atoms with Gasteiger partial charge in [0.2, 0.25) is 5.91 Å². The summed E-state index contributed by atoms with van der Waals surface area (Å²) in [5.41, 5.74) is 14.1. The van der Waals surface area contributed by atoms with Crippen molar-refractivity contribution in [3.63, 3.8) is 0 Å². The van der Waals surface area contributed by atoms with E-state index in [4.69, 9.17) is 10.8 Å². The molecular weight excluding hydrogens is 402 g/mol. The van der Waals surface area contributed by atoms with Gasteiger partial charge >= 0.3 is 0 Å². The number of carbonyl (C=O) groups excluding carboxylic acids is 1. The van der Waals surface area contributed by atoms with Gasteiger partial charge in [-0.1, -0.05) is 6.92 Å². The summed E-state index contributed by atoms with van der Waals surface area (Å²) < 4.78 is 1.98. The summed E-state index contributed by atoms with van der Waals surface area (Å²) in [6.45, 7) is 7.04. The second-order valence-electron chi connectivity index (χ2n) is 9.91. The molecule has 0 radical (unpaired) electrons. The molecule has 8 nitrogen and oxygen atoms in total. The number of aryl methyl sites for hydroxylation is 1. The van der Waals surface area contributed by atoms with Crippen molar-refractivity contribution in [3.05, 3.63) is 29.6 Å². The van der Waals surface area contributed by atoms with Gasteiger partial charge in [-0.3, -0.25) is 10.2 Å². The van der Waals surface area contributed by atoms with Crippen molar-refractivity contribution in [1.29, 1.82) is 0 Å². The molecule has 2 aromatic heterocycles. The number of hydrazine groups is 1. The predicted molar refractivity (Wildman–Crippen MR) is 126 cm³/mol. The maximum atomic E-state index is 13.6. The standard InChI is InChI=1S/C24H37N7O/c1-4-18-11-23(28(3)26-18)24(32)30-9-6-5-7-21(30)20-12-19-13-22(16(2)14-31(19)27-20)29-10-8-17(25)15-29/h12-14,17-18,21,23,26H,4-11,15,25H2,1-3H3/t17-,18?,21-,23?/m0/s1. The third-order valence-electron chi connectivity index (χ3n) is 7.62. The molecule has 0 bridgehead atoms. The van der Waals surface area contributed by atoms with Gasteiger partial charge in [-0.15, -0.1) is 0 Å². The van der Waals surface area contributed by atoms with Crippen LogP contribution in [0.1, 0.15) is 62.7 Å². The van der Waals surface area contributed by atoms with Crippen molar-refractivity contribution in [2.24, 2.45) is 5.73 Å². The van der Waals surface area contributed by atoms with Gasteiger partial charge in [0.1, 0.15) is 6.04 Å². The van der Waals surface area contributed by atoms with E-state index in [1.807, 2.05) is 16.6 Å². The number of likely N-dealkylation sites (tertiary alicyclic amines) is 1. The Hall–Kier alpha value is -2.16. The molecule has 8 heteroatoms. The molecule has 0 saturated carbocycles. The van der Waals surface area contributed by atoms with E-state index < -0.39 is 0 Å². The van der Waals surface area contributed by atoms with Crippen LogP contribution in [0.25, 0.3) is 5.52 Å². The lowest BCUT2D eigenvalue weighted by atomic mass is 9.97.